The van der Waals surface area contributed by atoms with E-state index in [2.05, 4.69) is 34.3 Å². The van der Waals surface area contributed by atoms with Crippen LogP contribution in [0, 0.1) is 0 Å². The van der Waals surface area contributed by atoms with E-state index in [9.17, 15) is 4.55 Å². The van der Waals surface area contributed by atoms with E-state index in [0.29, 0.717) is 0 Å². The fourth-order valence-electron chi connectivity index (χ4n) is 4.05. The third-order valence-electron chi connectivity index (χ3n) is 5.95. The zero-order chi connectivity index (χ0) is 21.9. The molecule has 1 N–H and O–H groups in total. The van der Waals surface area contributed by atoms with Gasteiger partial charge in [0.05, 0.1) is 19.4 Å². The molecule has 1 fully saturated rings. The first-order valence-corrected chi connectivity index (χ1v) is 12.4. The summed E-state index contributed by atoms with van der Waals surface area (Å²) in [5.41, 5.74) is 6.28. The van der Waals surface area contributed by atoms with Gasteiger partial charge in [0.1, 0.15) is 6.26 Å². The van der Waals surface area contributed by atoms with E-state index in [0.717, 1.165) is 72.1 Å². The third-order valence-corrected chi connectivity index (χ3v) is 6.89. The van der Waals surface area contributed by atoms with Crippen LogP contribution in [0.4, 0.5) is 0 Å². The predicted octanol–water partition coefficient (Wildman–Crippen LogP) is 4.02. The molecular weight excluding hydrogens is 420 g/mol. The Morgan fingerprint density at radius 2 is 1.81 bits per heavy atom. The van der Waals surface area contributed by atoms with Crippen molar-refractivity contribution in [2.24, 2.45) is 0 Å². The number of nitrogens with zero attached hydrogens (tertiary/aromatic N) is 4. The van der Waals surface area contributed by atoms with Crippen LogP contribution in [0.25, 0.3) is 27.9 Å². The Labute approximate surface area is 191 Å². The molecule has 2 aromatic heterocycles. The lowest BCUT2D eigenvalue weighted by atomic mass is 10.0. The van der Waals surface area contributed by atoms with E-state index in [1.807, 2.05) is 47.4 Å². The lowest BCUT2D eigenvalue weighted by molar-refractivity contribution is 0.0384. The lowest BCUT2D eigenvalue weighted by Crippen LogP contribution is -2.37. The van der Waals surface area contributed by atoms with Crippen molar-refractivity contribution < 1.29 is 9.29 Å². The Balaban J connectivity index is 1.33. The molecule has 0 spiro atoms. The number of rotatable bonds is 6. The van der Waals surface area contributed by atoms with Crippen molar-refractivity contribution in [2.45, 2.75) is 11.3 Å². The van der Waals surface area contributed by atoms with Gasteiger partial charge in [0, 0.05) is 49.2 Å². The molecule has 0 bridgehead atoms. The zero-order valence-corrected chi connectivity index (χ0v) is 19.0. The average molecular weight is 448 g/mol. The van der Waals surface area contributed by atoms with Crippen LogP contribution in [0.2, 0.25) is 0 Å². The monoisotopic (exact) mass is 447 g/mol. The van der Waals surface area contributed by atoms with Crippen molar-refractivity contribution in [1.82, 2.24) is 19.5 Å². The van der Waals surface area contributed by atoms with Gasteiger partial charge in [-0.2, -0.15) is 9.65 Å². The van der Waals surface area contributed by atoms with E-state index in [-0.39, 0.29) is 0 Å². The molecule has 32 heavy (non-hydrogen) atoms. The van der Waals surface area contributed by atoms with Gasteiger partial charge in [-0.15, -0.1) is 0 Å². The van der Waals surface area contributed by atoms with Crippen molar-refractivity contribution in [3.63, 3.8) is 0 Å². The van der Waals surface area contributed by atoms with Gasteiger partial charge in [-0.25, -0.2) is 9.50 Å². The molecule has 5 rings (SSSR count). The van der Waals surface area contributed by atoms with Crippen molar-refractivity contribution in [1.29, 1.82) is 0 Å². The Morgan fingerprint density at radius 3 is 2.59 bits per heavy atom. The topological polar surface area (TPSA) is 62.9 Å². The SMILES string of the molecule is C[S+](O)c1cccc(-c2cnn3cc(-c4ccc(CCN5CCOCC5)cc4)cnc23)c1. The van der Waals surface area contributed by atoms with Crippen LogP contribution in [0.1, 0.15) is 5.56 Å². The first-order chi connectivity index (χ1) is 15.7. The Morgan fingerprint density at radius 1 is 1.00 bits per heavy atom. The molecule has 0 saturated carbocycles. The molecule has 1 aliphatic heterocycles. The van der Waals surface area contributed by atoms with Crippen molar-refractivity contribution in [2.75, 3.05) is 39.1 Å². The number of fused-ring (bicyclic) bond motifs is 1. The minimum atomic E-state index is -0.774. The van der Waals surface area contributed by atoms with E-state index in [1.165, 1.54) is 5.56 Å². The summed E-state index contributed by atoms with van der Waals surface area (Å²) in [5.74, 6) is 0. The molecule has 1 atom stereocenters. The predicted molar refractivity (Wildman–Crippen MR) is 129 cm³/mol. The fraction of sp³-hybridized carbons (Fsp3) is 0.280. The number of hydrogen-bond acceptors (Lipinski definition) is 5. The summed E-state index contributed by atoms with van der Waals surface area (Å²) in [5, 5.41) is 4.53. The van der Waals surface area contributed by atoms with Crippen LogP contribution in [0.5, 0.6) is 0 Å². The first kappa shape index (κ1) is 21.2. The second-order valence-corrected chi connectivity index (χ2v) is 9.50. The zero-order valence-electron chi connectivity index (χ0n) is 18.1. The van der Waals surface area contributed by atoms with Gasteiger partial charge < -0.3 is 4.74 Å². The molecule has 0 radical (unpaired) electrons. The highest BCUT2D eigenvalue weighted by Crippen LogP contribution is 2.27. The van der Waals surface area contributed by atoms with Gasteiger partial charge in [0.25, 0.3) is 0 Å². The molecule has 0 amide bonds. The maximum Gasteiger partial charge on any atom is 0.190 e. The van der Waals surface area contributed by atoms with E-state index >= 15 is 0 Å². The van der Waals surface area contributed by atoms with Crippen LogP contribution in [-0.4, -0.2) is 63.2 Å². The van der Waals surface area contributed by atoms with Crippen LogP contribution in [-0.2, 0) is 22.3 Å². The first-order valence-electron chi connectivity index (χ1n) is 10.9. The summed E-state index contributed by atoms with van der Waals surface area (Å²) in [6.45, 7) is 4.81. The highest BCUT2D eigenvalue weighted by Gasteiger charge is 2.16. The molecule has 4 aromatic rings. The van der Waals surface area contributed by atoms with Gasteiger partial charge >= 0.3 is 0 Å². The average Bonchev–Trinajstić information content (AvgIpc) is 3.27. The van der Waals surface area contributed by atoms with Gasteiger partial charge in [0.2, 0.25) is 0 Å². The normalized spacial score (nSPS) is 15.8. The second-order valence-electron chi connectivity index (χ2n) is 8.08. The van der Waals surface area contributed by atoms with Crippen molar-refractivity contribution in [3.05, 3.63) is 72.7 Å². The number of morpholine rings is 1. The maximum atomic E-state index is 9.92. The second kappa shape index (κ2) is 9.42. The van der Waals surface area contributed by atoms with E-state index in [1.54, 1.807) is 6.26 Å². The van der Waals surface area contributed by atoms with Crippen LogP contribution >= 0.6 is 0 Å². The van der Waals surface area contributed by atoms with Gasteiger partial charge in [0.15, 0.2) is 21.7 Å². The summed E-state index contributed by atoms with van der Waals surface area (Å²) in [4.78, 5) is 8.08. The summed E-state index contributed by atoms with van der Waals surface area (Å²) in [6.07, 6.45) is 8.61. The number of benzene rings is 2. The highest BCUT2D eigenvalue weighted by atomic mass is 32.2. The molecule has 7 heteroatoms. The maximum absolute atomic E-state index is 9.92. The Hall–Kier alpha value is -2.71. The number of aromatic nitrogens is 3. The smallest absolute Gasteiger partial charge is 0.190 e. The molecule has 3 heterocycles. The van der Waals surface area contributed by atoms with Crippen LogP contribution in [0.3, 0.4) is 0 Å². The summed E-state index contributed by atoms with van der Waals surface area (Å²) >= 11 is -0.774. The highest BCUT2D eigenvalue weighted by molar-refractivity contribution is 7.90. The lowest BCUT2D eigenvalue weighted by Gasteiger charge is -2.26. The van der Waals surface area contributed by atoms with Crippen molar-refractivity contribution >= 4 is 16.8 Å². The molecule has 0 aliphatic carbocycles. The molecule has 164 valence electrons. The van der Waals surface area contributed by atoms with Gasteiger partial charge in [-0.3, -0.25) is 4.90 Å². The van der Waals surface area contributed by atoms with E-state index < -0.39 is 11.2 Å². The summed E-state index contributed by atoms with van der Waals surface area (Å²) in [7, 11) is 0. The number of hydrogen-bond donors (Lipinski definition) is 1. The summed E-state index contributed by atoms with van der Waals surface area (Å²) < 4.78 is 17.2. The Kier molecular flexibility index (Phi) is 6.23. The molecule has 6 nitrogen and oxygen atoms in total. The molecule has 1 unspecified atom stereocenters. The molecular formula is C25H27N4O2S+. The summed E-state index contributed by atoms with van der Waals surface area (Å²) in [6, 6.07) is 16.7. The quantitative estimate of drug-likeness (QED) is 0.453. The van der Waals surface area contributed by atoms with Crippen molar-refractivity contribution in [3.8, 4) is 22.3 Å². The molecule has 2 aromatic carbocycles. The minimum Gasteiger partial charge on any atom is -0.379 e. The Bertz CT molecular complexity index is 1200. The minimum absolute atomic E-state index is 0.774. The molecule has 1 saturated heterocycles. The van der Waals surface area contributed by atoms with Gasteiger partial charge in [-0.1, -0.05) is 36.4 Å². The van der Waals surface area contributed by atoms with Crippen LogP contribution in [0.15, 0.2) is 72.0 Å². The number of ether oxygens (including phenoxy) is 1. The third kappa shape index (κ3) is 4.56. The van der Waals surface area contributed by atoms with E-state index in [4.69, 9.17) is 9.72 Å². The van der Waals surface area contributed by atoms with Gasteiger partial charge in [-0.05, 0) is 29.2 Å². The van der Waals surface area contributed by atoms with Crippen LogP contribution < -0.4 is 0 Å². The molecule has 1 aliphatic rings. The fourth-order valence-corrected chi connectivity index (χ4v) is 4.62. The largest absolute Gasteiger partial charge is 0.379 e. The standard InChI is InChI=1S/C25H27N4O2S/c1-32(30)23-4-2-3-21(15-23)24-17-27-29-18-22(16-26-25(24)29)20-7-5-19(6-8-20)9-10-28-11-13-31-14-12-28/h2-8,15-18,30H,9-14H2,1H3/q+1.